The molecular weight excluding hydrogens is 289 g/mol. The van der Waals surface area contributed by atoms with Gasteiger partial charge in [-0.25, -0.2) is 4.79 Å². The molecule has 1 aliphatic heterocycles. The molecule has 1 heterocycles. The summed E-state index contributed by atoms with van der Waals surface area (Å²) in [6.45, 7) is 5.53. The van der Waals surface area contributed by atoms with Crippen molar-refractivity contribution in [2.75, 3.05) is 0 Å². The summed E-state index contributed by atoms with van der Waals surface area (Å²) < 4.78 is 38.7. The molecular formula is C14H11F3O2S. The average molecular weight is 300 g/mol. The van der Waals surface area contributed by atoms with E-state index >= 15 is 0 Å². The fraction of sp³-hybridized carbons (Fsp3) is 0.214. The highest BCUT2D eigenvalue weighted by atomic mass is 32.2. The summed E-state index contributed by atoms with van der Waals surface area (Å²) in [7, 11) is 0. The number of hydrogen-bond acceptors (Lipinski definition) is 2. The fourth-order valence-corrected chi connectivity index (χ4v) is 2.97. The lowest BCUT2D eigenvalue weighted by Gasteiger charge is -2.25. The van der Waals surface area contributed by atoms with Gasteiger partial charge in [-0.3, -0.25) is 0 Å². The molecule has 0 bridgehead atoms. The van der Waals surface area contributed by atoms with E-state index in [0.717, 1.165) is 17.2 Å². The Hall–Kier alpha value is -1.69. The van der Waals surface area contributed by atoms with Gasteiger partial charge in [0, 0.05) is 4.90 Å². The van der Waals surface area contributed by atoms with E-state index < -0.39 is 23.0 Å². The van der Waals surface area contributed by atoms with Crippen LogP contribution in [-0.4, -0.2) is 22.5 Å². The van der Waals surface area contributed by atoms with Crippen molar-refractivity contribution in [2.24, 2.45) is 0 Å². The Balaban J connectivity index is 2.54. The molecule has 2 rings (SSSR count). The third-order valence-corrected chi connectivity index (χ3v) is 4.27. The molecule has 0 saturated heterocycles. The first-order valence-corrected chi connectivity index (χ1v) is 6.56. The van der Waals surface area contributed by atoms with Crippen molar-refractivity contribution in [2.45, 2.75) is 23.2 Å². The van der Waals surface area contributed by atoms with Gasteiger partial charge in [0.15, 0.2) is 0 Å². The van der Waals surface area contributed by atoms with Gasteiger partial charge >= 0.3 is 12.1 Å². The van der Waals surface area contributed by atoms with Gasteiger partial charge < -0.3 is 5.11 Å². The van der Waals surface area contributed by atoms with Gasteiger partial charge in [0.25, 0.3) is 0 Å². The maximum Gasteiger partial charge on any atom is 0.405 e. The molecule has 1 N–H and O–H groups in total. The molecule has 0 fully saturated rings. The third-order valence-electron chi connectivity index (χ3n) is 2.89. The maximum absolute atomic E-state index is 12.9. The lowest BCUT2D eigenvalue weighted by molar-refractivity contribution is -0.140. The first-order chi connectivity index (χ1) is 9.20. The normalized spacial score (nSPS) is 18.2. The van der Waals surface area contributed by atoms with Gasteiger partial charge in [0.1, 0.15) is 5.25 Å². The van der Waals surface area contributed by atoms with Crippen molar-refractivity contribution in [3.63, 3.8) is 0 Å². The Morgan fingerprint density at radius 3 is 2.55 bits per heavy atom. The number of allylic oxidation sites excluding steroid dienone is 1. The van der Waals surface area contributed by atoms with Crippen LogP contribution in [0.4, 0.5) is 13.2 Å². The molecule has 0 aromatic heterocycles. The summed E-state index contributed by atoms with van der Waals surface area (Å²) in [4.78, 5) is 11.5. The van der Waals surface area contributed by atoms with Crippen LogP contribution < -0.4 is 0 Å². The quantitative estimate of drug-likeness (QED) is 0.888. The summed E-state index contributed by atoms with van der Waals surface area (Å²) in [6.07, 6.45) is -3.50. The predicted molar refractivity (Wildman–Crippen MR) is 72.5 cm³/mol. The monoisotopic (exact) mass is 300 g/mol. The zero-order valence-electron chi connectivity index (χ0n) is 10.5. The van der Waals surface area contributed by atoms with Crippen molar-refractivity contribution in [1.29, 1.82) is 0 Å². The minimum Gasteiger partial charge on any atom is -0.478 e. The molecule has 0 saturated carbocycles. The van der Waals surface area contributed by atoms with E-state index in [1.54, 1.807) is 25.1 Å². The summed E-state index contributed by atoms with van der Waals surface area (Å²) in [5, 5.41) is 6.94. The van der Waals surface area contributed by atoms with Gasteiger partial charge in [-0.2, -0.15) is 13.2 Å². The first kappa shape index (κ1) is 14.7. The van der Waals surface area contributed by atoms with Gasteiger partial charge in [0.05, 0.1) is 5.57 Å². The Kier molecular flexibility index (Phi) is 3.69. The van der Waals surface area contributed by atoms with Gasteiger partial charge in [-0.1, -0.05) is 18.2 Å². The molecule has 1 aliphatic rings. The summed E-state index contributed by atoms with van der Waals surface area (Å²) in [5.74, 6) is -1.55. The first-order valence-electron chi connectivity index (χ1n) is 5.68. The Morgan fingerprint density at radius 1 is 1.40 bits per heavy atom. The lowest BCUT2D eigenvalue weighted by atomic mass is 10.0. The summed E-state index contributed by atoms with van der Waals surface area (Å²) in [6, 6.07) is 4.90. The Bertz CT molecular complexity index is 617. The van der Waals surface area contributed by atoms with Crippen molar-refractivity contribution < 1.29 is 23.1 Å². The van der Waals surface area contributed by atoms with E-state index in [1.165, 1.54) is 0 Å². The number of aliphatic carboxylic acids is 1. The largest absolute Gasteiger partial charge is 0.478 e. The van der Waals surface area contributed by atoms with E-state index in [2.05, 4.69) is 6.58 Å². The molecule has 6 heteroatoms. The minimum absolute atomic E-state index is 0.419. The van der Waals surface area contributed by atoms with Gasteiger partial charge in [-0.15, -0.1) is 11.8 Å². The topological polar surface area (TPSA) is 37.3 Å². The zero-order chi connectivity index (χ0) is 15.1. The smallest absolute Gasteiger partial charge is 0.405 e. The Morgan fingerprint density at radius 2 is 2.05 bits per heavy atom. The fourth-order valence-electron chi connectivity index (χ4n) is 1.88. The lowest BCUT2D eigenvalue weighted by Crippen LogP contribution is -2.32. The zero-order valence-corrected chi connectivity index (χ0v) is 11.3. The highest BCUT2D eigenvalue weighted by molar-refractivity contribution is 8.00. The van der Waals surface area contributed by atoms with E-state index in [1.807, 2.05) is 0 Å². The molecule has 1 aromatic carbocycles. The van der Waals surface area contributed by atoms with Crippen molar-refractivity contribution in [3.8, 4) is 0 Å². The third kappa shape index (κ3) is 2.75. The molecule has 0 radical (unpaired) electrons. The molecule has 106 valence electrons. The number of rotatable bonds is 2. The second kappa shape index (κ2) is 5.01. The van der Waals surface area contributed by atoms with Crippen LogP contribution in [0.15, 0.2) is 35.2 Å². The van der Waals surface area contributed by atoms with E-state index in [0.29, 0.717) is 22.2 Å². The van der Waals surface area contributed by atoms with Crippen LogP contribution in [0, 0.1) is 0 Å². The molecule has 2 nitrogen and oxygen atoms in total. The van der Waals surface area contributed by atoms with E-state index in [-0.39, 0.29) is 0 Å². The Labute approximate surface area is 118 Å². The molecule has 0 amide bonds. The highest BCUT2D eigenvalue weighted by Gasteiger charge is 2.46. The van der Waals surface area contributed by atoms with Crippen LogP contribution in [-0.2, 0) is 4.79 Å². The average Bonchev–Trinajstić information content (AvgIpc) is 2.35. The second-order valence-electron chi connectivity index (χ2n) is 4.48. The summed E-state index contributed by atoms with van der Waals surface area (Å²) >= 11 is 0.517. The standard InChI is InChI=1S/C14H11F3O2S/c1-7(2)8-3-4-11-9(5-8)6-10(13(18)19)12(20-11)14(15,16)17/h3-6,12H,1H2,2H3,(H,18,19). The summed E-state index contributed by atoms with van der Waals surface area (Å²) in [5.41, 5.74) is 1.37. The molecule has 0 spiro atoms. The van der Waals surface area contributed by atoms with Crippen LogP contribution in [0.1, 0.15) is 18.1 Å². The van der Waals surface area contributed by atoms with Crippen LogP contribution in [0.25, 0.3) is 11.6 Å². The second-order valence-corrected chi connectivity index (χ2v) is 5.62. The predicted octanol–water partition coefficient (Wildman–Crippen LogP) is 4.22. The van der Waals surface area contributed by atoms with Crippen LogP contribution in [0.3, 0.4) is 0 Å². The van der Waals surface area contributed by atoms with Crippen molar-refractivity contribution >= 4 is 29.4 Å². The number of carboxylic acids is 1. The van der Waals surface area contributed by atoms with Crippen molar-refractivity contribution in [3.05, 3.63) is 41.5 Å². The molecule has 0 aliphatic carbocycles. The minimum atomic E-state index is -4.60. The molecule has 1 unspecified atom stereocenters. The molecule has 1 aromatic rings. The number of benzene rings is 1. The van der Waals surface area contributed by atoms with E-state index in [9.17, 15) is 18.0 Å². The number of hydrogen-bond donors (Lipinski definition) is 1. The van der Waals surface area contributed by atoms with Crippen LogP contribution >= 0.6 is 11.8 Å². The molecule has 20 heavy (non-hydrogen) atoms. The highest BCUT2D eigenvalue weighted by Crippen LogP contribution is 2.45. The number of alkyl halides is 3. The number of carbonyl (C=O) groups is 1. The molecule has 1 atom stereocenters. The van der Waals surface area contributed by atoms with Crippen molar-refractivity contribution in [1.82, 2.24) is 0 Å². The number of halogens is 3. The van der Waals surface area contributed by atoms with Gasteiger partial charge in [0.2, 0.25) is 0 Å². The van der Waals surface area contributed by atoms with Crippen LogP contribution in [0.2, 0.25) is 0 Å². The number of carboxylic acid groups (broad SMARTS) is 1. The van der Waals surface area contributed by atoms with Gasteiger partial charge in [-0.05, 0) is 36.3 Å². The number of thioether (sulfide) groups is 1. The van der Waals surface area contributed by atoms with E-state index in [4.69, 9.17) is 5.11 Å². The SMILES string of the molecule is C=C(C)c1ccc2c(c1)C=C(C(=O)O)C(C(F)(F)F)S2. The number of fused-ring (bicyclic) bond motifs is 1. The van der Waals surface area contributed by atoms with Crippen LogP contribution in [0.5, 0.6) is 0 Å². The maximum atomic E-state index is 12.9.